The van der Waals surface area contributed by atoms with Crippen molar-refractivity contribution in [2.75, 3.05) is 0 Å². The summed E-state index contributed by atoms with van der Waals surface area (Å²) in [5, 5.41) is 7.62. The Morgan fingerprint density at radius 2 is 1.78 bits per heavy atom. The van der Waals surface area contributed by atoms with Crippen LogP contribution in [0.15, 0.2) is 41.5 Å². The van der Waals surface area contributed by atoms with E-state index in [0.29, 0.717) is 17.0 Å². The van der Waals surface area contributed by atoms with Crippen LogP contribution in [0.2, 0.25) is 0 Å². The van der Waals surface area contributed by atoms with Crippen LogP contribution in [0.4, 0.5) is 26.3 Å². The van der Waals surface area contributed by atoms with Crippen molar-refractivity contribution in [3.05, 3.63) is 58.5 Å². The molecule has 0 aliphatic heterocycles. The van der Waals surface area contributed by atoms with E-state index in [0.717, 1.165) is 10.8 Å². The highest BCUT2D eigenvalue weighted by atomic mass is 19.4. The maximum absolute atomic E-state index is 14.3. The van der Waals surface area contributed by atoms with Gasteiger partial charge in [-0.2, -0.15) is 32.1 Å². The van der Waals surface area contributed by atoms with Crippen molar-refractivity contribution in [3.8, 4) is 5.69 Å². The first-order chi connectivity index (χ1) is 15.1. The number of aryl methyl sites for hydroxylation is 1. The van der Waals surface area contributed by atoms with Gasteiger partial charge in [0.2, 0.25) is 0 Å². The summed E-state index contributed by atoms with van der Waals surface area (Å²) in [5.74, 6) is -1.71. The first kappa shape index (κ1) is 20.0. The molecule has 0 unspecified atom stereocenters. The monoisotopic (exact) mass is 452 g/mol. The van der Waals surface area contributed by atoms with Crippen LogP contribution < -0.4 is 5.56 Å². The molecule has 0 N–H and O–H groups in total. The Morgan fingerprint density at radius 3 is 2.47 bits per heavy atom. The second kappa shape index (κ2) is 6.55. The normalized spacial score (nSPS) is 12.6. The summed E-state index contributed by atoms with van der Waals surface area (Å²) in [5.41, 5.74) is -3.35. The van der Waals surface area contributed by atoms with E-state index in [1.165, 1.54) is 23.0 Å². The highest BCUT2D eigenvalue weighted by molar-refractivity contribution is 6.04. The van der Waals surface area contributed by atoms with Gasteiger partial charge in [0.25, 0.3) is 5.56 Å². The van der Waals surface area contributed by atoms with Crippen molar-refractivity contribution in [1.29, 1.82) is 0 Å². The molecule has 32 heavy (non-hydrogen) atoms. The van der Waals surface area contributed by atoms with E-state index < -0.39 is 41.0 Å². The molecule has 7 nitrogen and oxygen atoms in total. The lowest BCUT2D eigenvalue weighted by Gasteiger charge is -2.14. The van der Waals surface area contributed by atoms with Gasteiger partial charge >= 0.3 is 12.7 Å². The third kappa shape index (κ3) is 2.84. The fraction of sp³-hybridized carbons (Fsp3) is 0.158. The summed E-state index contributed by atoms with van der Waals surface area (Å²) < 4.78 is 83.3. The van der Waals surface area contributed by atoms with Crippen LogP contribution in [0.25, 0.3) is 38.5 Å². The van der Waals surface area contributed by atoms with Gasteiger partial charge in [0.15, 0.2) is 17.0 Å². The lowest BCUT2D eigenvalue weighted by atomic mass is 10.1. The van der Waals surface area contributed by atoms with Crippen LogP contribution in [-0.4, -0.2) is 29.1 Å². The number of fused-ring (bicyclic) bond motifs is 4. The Balaban J connectivity index is 2.02. The molecule has 13 heteroatoms. The molecule has 0 bridgehead atoms. The number of rotatable bonds is 2. The van der Waals surface area contributed by atoms with E-state index in [-0.39, 0.29) is 21.1 Å². The van der Waals surface area contributed by atoms with E-state index in [4.69, 9.17) is 0 Å². The van der Waals surface area contributed by atoms with E-state index in [1.807, 2.05) is 0 Å². The topological polar surface area (TPSA) is 70.5 Å². The fourth-order valence-corrected chi connectivity index (χ4v) is 3.66. The highest BCUT2D eigenvalue weighted by Crippen LogP contribution is 2.34. The van der Waals surface area contributed by atoms with Gasteiger partial charge < -0.3 is 0 Å². The fourth-order valence-electron chi connectivity index (χ4n) is 3.66. The Hall–Kier alpha value is -3.90. The van der Waals surface area contributed by atoms with Gasteiger partial charge in [-0.15, -0.1) is 0 Å². The molecule has 4 heterocycles. The molecule has 0 amide bonds. The Kier molecular flexibility index (Phi) is 4.10. The van der Waals surface area contributed by atoms with Crippen molar-refractivity contribution >= 4 is 32.8 Å². The third-order valence-electron chi connectivity index (χ3n) is 4.95. The quantitative estimate of drug-likeness (QED) is 0.377. The highest BCUT2D eigenvalue weighted by Gasteiger charge is 2.37. The molecule has 5 aromatic rings. The number of hydrogen-bond donors (Lipinski definition) is 0. The smallest absolute Gasteiger partial charge is 0.275 e. The standard InChI is InChI=1S/C19H10F6N6O/c1-29-6-10-12(27-29)3-2-4-13(10)31-16-8(5-11(20)15(26-16)19(23,24)25)9-7-30(18(21)22)28-14(9)17(31)32/h2-7,18H,1H3. The number of pyridine rings is 2. The van der Waals surface area contributed by atoms with E-state index in [9.17, 15) is 31.1 Å². The number of aromatic nitrogens is 6. The minimum atomic E-state index is -5.15. The zero-order chi connectivity index (χ0) is 22.9. The zero-order valence-corrected chi connectivity index (χ0v) is 15.9. The van der Waals surface area contributed by atoms with Gasteiger partial charge in [0, 0.05) is 35.6 Å². The second-order valence-electron chi connectivity index (χ2n) is 6.99. The van der Waals surface area contributed by atoms with Gasteiger partial charge in [-0.25, -0.2) is 14.1 Å². The summed E-state index contributed by atoms with van der Waals surface area (Å²) in [6.07, 6.45) is -2.85. The zero-order valence-electron chi connectivity index (χ0n) is 15.9. The van der Waals surface area contributed by atoms with Crippen LogP contribution in [0.1, 0.15) is 12.2 Å². The van der Waals surface area contributed by atoms with Gasteiger partial charge in [-0.05, 0) is 18.2 Å². The molecule has 0 aliphatic rings. The van der Waals surface area contributed by atoms with Gasteiger partial charge in [-0.3, -0.25) is 14.0 Å². The maximum Gasteiger partial charge on any atom is 0.436 e. The lowest BCUT2D eigenvalue weighted by Crippen LogP contribution is -2.22. The Bertz CT molecular complexity index is 1600. The molecule has 0 aliphatic carbocycles. The predicted octanol–water partition coefficient (Wildman–Crippen LogP) is 4.18. The van der Waals surface area contributed by atoms with Crippen molar-refractivity contribution < 1.29 is 26.3 Å². The molecule has 1 aromatic carbocycles. The van der Waals surface area contributed by atoms with Crippen LogP contribution in [0.3, 0.4) is 0 Å². The number of hydrogen-bond acceptors (Lipinski definition) is 4. The molecule has 0 fully saturated rings. The molecule has 164 valence electrons. The van der Waals surface area contributed by atoms with Crippen LogP contribution in [0, 0.1) is 5.82 Å². The summed E-state index contributed by atoms with van der Waals surface area (Å²) in [7, 11) is 1.60. The molecule has 0 spiro atoms. The van der Waals surface area contributed by atoms with E-state index >= 15 is 0 Å². The Labute approximate surface area is 173 Å². The van der Waals surface area contributed by atoms with Gasteiger partial charge in [0.1, 0.15) is 5.65 Å². The maximum atomic E-state index is 14.3. The molecule has 4 aromatic heterocycles. The van der Waals surface area contributed by atoms with Gasteiger partial charge in [-0.1, -0.05) is 6.07 Å². The first-order valence-corrected chi connectivity index (χ1v) is 8.98. The van der Waals surface area contributed by atoms with Crippen LogP contribution in [0.5, 0.6) is 0 Å². The number of nitrogens with zero attached hydrogens (tertiary/aromatic N) is 6. The summed E-state index contributed by atoms with van der Waals surface area (Å²) in [4.78, 5) is 16.7. The molecule has 0 radical (unpaired) electrons. The molecule has 0 atom stereocenters. The minimum Gasteiger partial charge on any atom is -0.275 e. The summed E-state index contributed by atoms with van der Waals surface area (Å²) in [6, 6.07) is 5.08. The molecule has 0 saturated heterocycles. The van der Waals surface area contributed by atoms with Crippen LogP contribution in [-0.2, 0) is 13.2 Å². The number of halogens is 6. The molecule has 0 saturated carbocycles. The lowest BCUT2D eigenvalue weighted by molar-refractivity contribution is -0.143. The largest absolute Gasteiger partial charge is 0.436 e. The van der Waals surface area contributed by atoms with Crippen molar-refractivity contribution in [2.45, 2.75) is 12.7 Å². The second-order valence-corrected chi connectivity index (χ2v) is 6.99. The first-order valence-electron chi connectivity index (χ1n) is 8.98. The van der Waals surface area contributed by atoms with Crippen molar-refractivity contribution in [2.24, 2.45) is 7.05 Å². The third-order valence-corrected chi connectivity index (χ3v) is 4.95. The average molecular weight is 452 g/mol. The molecular weight excluding hydrogens is 442 g/mol. The Morgan fingerprint density at radius 1 is 1.03 bits per heavy atom. The SMILES string of the molecule is Cn1cc2c(-n3c(=O)c4nn(C(F)F)cc4c4cc(F)c(C(F)(F)F)nc43)cccc2n1. The average Bonchev–Trinajstić information content (AvgIpc) is 3.31. The summed E-state index contributed by atoms with van der Waals surface area (Å²) >= 11 is 0. The summed E-state index contributed by atoms with van der Waals surface area (Å²) in [6.45, 7) is -3.13. The molecular formula is C19H10F6N6O. The van der Waals surface area contributed by atoms with Crippen molar-refractivity contribution in [1.82, 2.24) is 29.1 Å². The molecule has 5 rings (SSSR count). The van der Waals surface area contributed by atoms with Crippen molar-refractivity contribution in [3.63, 3.8) is 0 Å². The van der Waals surface area contributed by atoms with Gasteiger partial charge in [0.05, 0.1) is 11.2 Å². The predicted molar refractivity (Wildman–Crippen MR) is 101 cm³/mol. The van der Waals surface area contributed by atoms with E-state index in [1.54, 1.807) is 13.1 Å². The number of alkyl halides is 5. The van der Waals surface area contributed by atoms with Crippen LogP contribution >= 0.6 is 0 Å². The van der Waals surface area contributed by atoms with E-state index in [2.05, 4.69) is 15.2 Å². The minimum absolute atomic E-state index is 0.0892. The number of benzene rings is 1.